The molecule has 4 rings (SSSR count). The molecule has 3 aromatic heterocycles. The van der Waals surface area contributed by atoms with Crippen LogP contribution in [0.25, 0.3) is 22.3 Å². The number of pyridine rings is 1. The predicted molar refractivity (Wildman–Crippen MR) is 115 cm³/mol. The summed E-state index contributed by atoms with van der Waals surface area (Å²) in [4.78, 5) is 41.9. The lowest BCUT2D eigenvalue weighted by molar-refractivity contribution is -0.132. The first-order valence-corrected chi connectivity index (χ1v) is 10.2. The van der Waals surface area contributed by atoms with Crippen LogP contribution in [0, 0.1) is 17.2 Å². The molecular weight excluding hydrogens is 394 g/mol. The van der Waals surface area contributed by atoms with Crippen LogP contribution in [0.3, 0.4) is 0 Å². The van der Waals surface area contributed by atoms with Crippen LogP contribution in [0.2, 0.25) is 0 Å². The molecule has 4 heterocycles. The molecule has 3 aromatic rings. The van der Waals surface area contributed by atoms with E-state index in [0.717, 1.165) is 28.7 Å². The number of rotatable bonds is 5. The number of piperidine rings is 1. The molecule has 9 heteroatoms. The van der Waals surface area contributed by atoms with E-state index in [9.17, 15) is 9.59 Å². The number of nitrogens with zero attached hydrogens (tertiary/aromatic N) is 5. The summed E-state index contributed by atoms with van der Waals surface area (Å²) in [6.07, 6.45) is 5.87. The number of fused-ring (bicyclic) bond motifs is 1. The molecule has 158 valence electrons. The predicted octanol–water partition coefficient (Wildman–Crippen LogP) is 2.79. The smallest absolute Gasteiger partial charge is 0.236 e. The zero-order valence-corrected chi connectivity index (χ0v) is 17.4. The highest BCUT2D eigenvalue weighted by molar-refractivity contribution is 5.98. The van der Waals surface area contributed by atoms with Gasteiger partial charge < -0.3 is 15.2 Å². The maximum absolute atomic E-state index is 12.3. The van der Waals surface area contributed by atoms with Crippen molar-refractivity contribution in [2.45, 2.75) is 32.7 Å². The van der Waals surface area contributed by atoms with Gasteiger partial charge in [0.15, 0.2) is 11.6 Å². The normalized spacial score (nSPS) is 18.5. The molecule has 0 aliphatic carbocycles. The monoisotopic (exact) mass is 417 g/mol. The molecule has 0 aromatic carbocycles. The molecule has 1 amide bonds. The SMILES string of the molecule is CC(=O)c1nccc(-c2cnc3[nH]ccc3c2N[C@@H]2C[C@H](C)CN(C(=O)CC#N)C2)n1. The number of aromatic amines is 1. The molecular formula is C22H23N7O2. The molecule has 1 saturated heterocycles. The first-order chi connectivity index (χ1) is 15.0. The van der Waals surface area contributed by atoms with Crippen LogP contribution in [0.1, 0.15) is 37.3 Å². The van der Waals surface area contributed by atoms with E-state index in [2.05, 4.69) is 32.2 Å². The number of nitriles is 1. The highest BCUT2D eigenvalue weighted by Gasteiger charge is 2.29. The number of nitrogens with one attached hydrogen (secondary N) is 2. The summed E-state index contributed by atoms with van der Waals surface area (Å²) in [5.74, 6) is 0.0886. The van der Waals surface area contributed by atoms with Gasteiger partial charge >= 0.3 is 0 Å². The van der Waals surface area contributed by atoms with E-state index < -0.39 is 0 Å². The molecule has 2 atom stereocenters. The highest BCUT2D eigenvalue weighted by atomic mass is 16.2. The van der Waals surface area contributed by atoms with Gasteiger partial charge in [0.05, 0.1) is 17.5 Å². The number of carbonyl (C=O) groups excluding carboxylic acids is 2. The van der Waals surface area contributed by atoms with Crippen molar-refractivity contribution in [1.29, 1.82) is 5.26 Å². The molecule has 9 nitrogen and oxygen atoms in total. The molecule has 1 fully saturated rings. The van der Waals surface area contributed by atoms with E-state index in [-0.39, 0.29) is 30.0 Å². The Labute approximate surface area is 179 Å². The zero-order valence-electron chi connectivity index (χ0n) is 17.4. The van der Waals surface area contributed by atoms with Gasteiger partial charge in [0.1, 0.15) is 12.1 Å². The lowest BCUT2D eigenvalue weighted by Gasteiger charge is -2.37. The Balaban J connectivity index is 1.71. The largest absolute Gasteiger partial charge is 0.379 e. The second kappa shape index (κ2) is 8.52. The minimum Gasteiger partial charge on any atom is -0.379 e. The van der Waals surface area contributed by atoms with Gasteiger partial charge in [-0.1, -0.05) is 6.92 Å². The Morgan fingerprint density at radius 1 is 1.32 bits per heavy atom. The summed E-state index contributed by atoms with van der Waals surface area (Å²) >= 11 is 0. The number of hydrogen-bond donors (Lipinski definition) is 2. The fourth-order valence-corrected chi connectivity index (χ4v) is 4.08. The Hall–Kier alpha value is -3.80. The second-order valence-corrected chi connectivity index (χ2v) is 7.92. The first-order valence-electron chi connectivity index (χ1n) is 10.2. The minimum atomic E-state index is -0.209. The summed E-state index contributed by atoms with van der Waals surface area (Å²) in [7, 11) is 0. The number of hydrogen-bond acceptors (Lipinski definition) is 7. The standard InChI is InChI=1S/C22H23N7O2/c1-13-9-15(12-29(11-13)19(31)3-6-23)27-20-16-4-7-25-22(16)26-10-17(20)18-5-8-24-21(28-18)14(2)30/h4-5,7-8,10,13,15H,3,9,11-12H2,1-2H3,(H2,25,26,27)/t13-,15+/m0/s1. The third-order valence-electron chi connectivity index (χ3n) is 5.42. The van der Waals surface area contributed by atoms with Crippen LogP contribution in [0.4, 0.5) is 5.69 Å². The van der Waals surface area contributed by atoms with Gasteiger partial charge in [-0.05, 0) is 24.5 Å². The maximum atomic E-state index is 12.3. The van der Waals surface area contributed by atoms with Crippen molar-refractivity contribution >= 4 is 28.4 Å². The highest BCUT2D eigenvalue weighted by Crippen LogP contribution is 2.34. The molecule has 31 heavy (non-hydrogen) atoms. The average molecular weight is 417 g/mol. The van der Waals surface area contributed by atoms with E-state index in [1.807, 2.05) is 18.3 Å². The summed E-state index contributed by atoms with van der Waals surface area (Å²) in [5.41, 5.74) is 2.92. The number of ketones is 1. The van der Waals surface area contributed by atoms with Gasteiger partial charge in [-0.3, -0.25) is 9.59 Å². The van der Waals surface area contributed by atoms with Crippen LogP contribution < -0.4 is 5.32 Å². The van der Waals surface area contributed by atoms with Crippen LogP contribution in [-0.4, -0.2) is 55.7 Å². The Kier molecular flexibility index (Phi) is 5.62. The van der Waals surface area contributed by atoms with Gasteiger partial charge in [-0.25, -0.2) is 15.0 Å². The number of likely N-dealkylation sites (tertiary alicyclic amines) is 1. The molecule has 0 bridgehead atoms. The minimum absolute atomic E-state index is 0.000224. The van der Waals surface area contributed by atoms with Gasteiger partial charge in [0, 0.05) is 55.6 Å². The van der Waals surface area contributed by atoms with Gasteiger partial charge in [0.25, 0.3) is 0 Å². The zero-order chi connectivity index (χ0) is 22.0. The van der Waals surface area contributed by atoms with E-state index >= 15 is 0 Å². The number of carbonyl (C=O) groups is 2. The molecule has 2 N–H and O–H groups in total. The van der Waals surface area contributed by atoms with Crippen LogP contribution in [0.15, 0.2) is 30.7 Å². The number of anilines is 1. The van der Waals surface area contributed by atoms with Crippen molar-refractivity contribution < 1.29 is 9.59 Å². The third-order valence-corrected chi connectivity index (χ3v) is 5.42. The topological polar surface area (TPSA) is 128 Å². The van der Waals surface area contributed by atoms with Crippen molar-refractivity contribution in [3.05, 3.63) is 36.5 Å². The summed E-state index contributed by atoms with van der Waals surface area (Å²) < 4.78 is 0. The van der Waals surface area contributed by atoms with Crippen molar-refractivity contribution in [3.63, 3.8) is 0 Å². The molecule has 1 aliphatic heterocycles. The Morgan fingerprint density at radius 3 is 2.94 bits per heavy atom. The Bertz CT molecular complexity index is 1180. The van der Waals surface area contributed by atoms with Crippen molar-refractivity contribution in [1.82, 2.24) is 24.8 Å². The van der Waals surface area contributed by atoms with E-state index in [1.54, 1.807) is 23.4 Å². The number of Topliss-reactive ketones (excluding diaryl/α,β-unsaturated/α-hetero) is 1. The first kappa shape index (κ1) is 20.5. The number of H-pyrrole nitrogens is 1. The molecule has 0 radical (unpaired) electrons. The van der Waals surface area contributed by atoms with Gasteiger partial charge in [-0.2, -0.15) is 5.26 Å². The van der Waals surface area contributed by atoms with E-state index in [0.29, 0.717) is 24.7 Å². The summed E-state index contributed by atoms with van der Waals surface area (Å²) in [5, 5.41) is 13.4. The summed E-state index contributed by atoms with van der Waals surface area (Å²) in [6, 6.07) is 5.63. The van der Waals surface area contributed by atoms with Crippen molar-refractivity contribution in [2.75, 3.05) is 18.4 Å². The molecule has 0 saturated carbocycles. The van der Waals surface area contributed by atoms with Gasteiger partial charge in [-0.15, -0.1) is 0 Å². The van der Waals surface area contributed by atoms with E-state index in [4.69, 9.17) is 5.26 Å². The Morgan fingerprint density at radius 2 is 2.16 bits per heavy atom. The van der Waals surface area contributed by atoms with E-state index in [1.165, 1.54) is 6.92 Å². The molecule has 0 unspecified atom stereocenters. The van der Waals surface area contributed by atoms with Crippen molar-refractivity contribution in [2.24, 2.45) is 5.92 Å². The van der Waals surface area contributed by atoms with Crippen LogP contribution in [-0.2, 0) is 4.79 Å². The molecule has 0 spiro atoms. The second-order valence-electron chi connectivity index (χ2n) is 7.92. The van der Waals surface area contributed by atoms with Crippen molar-refractivity contribution in [3.8, 4) is 17.3 Å². The number of amides is 1. The quantitative estimate of drug-likeness (QED) is 0.611. The lowest BCUT2D eigenvalue weighted by atomic mass is 9.95. The third kappa shape index (κ3) is 4.23. The van der Waals surface area contributed by atoms with Crippen LogP contribution in [0.5, 0.6) is 0 Å². The maximum Gasteiger partial charge on any atom is 0.236 e. The number of aromatic nitrogens is 4. The lowest BCUT2D eigenvalue weighted by Crippen LogP contribution is -2.48. The average Bonchev–Trinajstić information content (AvgIpc) is 3.23. The summed E-state index contributed by atoms with van der Waals surface area (Å²) in [6.45, 7) is 4.70. The fourth-order valence-electron chi connectivity index (χ4n) is 4.08. The molecule has 1 aliphatic rings. The van der Waals surface area contributed by atoms with Gasteiger partial charge in [0.2, 0.25) is 5.91 Å². The van der Waals surface area contributed by atoms with Crippen LogP contribution >= 0.6 is 0 Å². The fraction of sp³-hybridized carbons (Fsp3) is 0.364.